The molecule has 0 amide bonds. The average Bonchev–Trinajstić information content (AvgIpc) is 2.33. The van der Waals surface area contributed by atoms with Gasteiger partial charge in [-0.05, 0) is 20.3 Å². The summed E-state index contributed by atoms with van der Waals surface area (Å²) in [5, 5.41) is 0.394. The fourth-order valence-electron chi connectivity index (χ4n) is 1.10. The Kier molecular flexibility index (Phi) is 10.4. The van der Waals surface area contributed by atoms with E-state index >= 15 is 0 Å². The Hall–Kier alpha value is -1.04. The molecule has 18 heavy (non-hydrogen) atoms. The van der Waals surface area contributed by atoms with E-state index in [0.717, 1.165) is 13.0 Å². The lowest BCUT2D eigenvalue weighted by Crippen LogP contribution is -2.07. The van der Waals surface area contributed by atoms with Crippen LogP contribution >= 0.6 is 11.6 Å². The van der Waals surface area contributed by atoms with Crippen LogP contribution < -0.4 is 11.2 Å². The standard InChI is InChI=1S/C12H22ClN3O2/c1-4-17-7-5-6-16-9-11(13)12(14)8-10(2)18-15-3/h8-9,15H,4-7,14H2,1-3H3/b10-8+,12-11?,16-9?. The molecule has 0 spiro atoms. The van der Waals surface area contributed by atoms with Gasteiger partial charge in [0.1, 0.15) is 5.76 Å². The molecule has 0 aromatic heterocycles. The molecule has 0 aliphatic heterocycles. The fraction of sp³-hybridized carbons (Fsp3) is 0.583. The van der Waals surface area contributed by atoms with Gasteiger partial charge >= 0.3 is 0 Å². The molecule has 0 aromatic rings. The summed E-state index contributed by atoms with van der Waals surface area (Å²) in [7, 11) is 1.67. The maximum atomic E-state index is 5.97. The molecule has 0 aromatic carbocycles. The van der Waals surface area contributed by atoms with Crippen molar-refractivity contribution in [3.05, 3.63) is 22.6 Å². The molecule has 0 bridgehead atoms. The summed E-state index contributed by atoms with van der Waals surface area (Å²) >= 11 is 5.97. The fourth-order valence-corrected chi connectivity index (χ4v) is 1.22. The van der Waals surface area contributed by atoms with Crippen molar-refractivity contribution in [2.75, 3.05) is 26.8 Å². The largest absolute Gasteiger partial charge is 0.414 e. The lowest BCUT2D eigenvalue weighted by atomic mass is 10.3. The maximum absolute atomic E-state index is 5.97. The number of nitrogens with zero attached hydrogens (tertiary/aromatic N) is 1. The van der Waals surface area contributed by atoms with Crippen LogP contribution in [0.3, 0.4) is 0 Å². The molecule has 0 unspecified atom stereocenters. The number of allylic oxidation sites excluding steroid dienone is 3. The van der Waals surface area contributed by atoms with E-state index in [9.17, 15) is 0 Å². The molecule has 5 nitrogen and oxygen atoms in total. The SMILES string of the molecule is CCOCCCN=CC(Cl)=C(N)/C=C(\C)ONC. The monoisotopic (exact) mass is 275 g/mol. The number of ether oxygens (including phenoxy) is 1. The number of aliphatic imine (C=N–C) groups is 1. The van der Waals surface area contributed by atoms with Gasteiger partial charge in [0.2, 0.25) is 0 Å². The third-order valence-corrected chi connectivity index (χ3v) is 2.20. The van der Waals surface area contributed by atoms with Crippen LogP contribution in [-0.4, -0.2) is 33.0 Å². The van der Waals surface area contributed by atoms with E-state index in [1.807, 2.05) is 6.92 Å². The zero-order valence-corrected chi connectivity index (χ0v) is 12.0. The van der Waals surface area contributed by atoms with Gasteiger partial charge in [-0.15, -0.1) is 0 Å². The minimum absolute atomic E-state index is 0.394. The molecule has 104 valence electrons. The first-order chi connectivity index (χ1) is 8.61. The van der Waals surface area contributed by atoms with E-state index in [4.69, 9.17) is 26.9 Å². The Morgan fingerprint density at radius 3 is 2.83 bits per heavy atom. The van der Waals surface area contributed by atoms with Crippen LogP contribution in [0.5, 0.6) is 0 Å². The Morgan fingerprint density at radius 1 is 1.50 bits per heavy atom. The van der Waals surface area contributed by atoms with E-state index in [1.165, 1.54) is 0 Å². The van der Waals surface area contributed by atoms with Crippen molar-refractivity contribution in [2.45, 2.75) is 20.3 Å². The smallest absolute Gasteiger partial charge is 0.123 e. The highest BCUT2D eigenvalue weighted by Crippen LogP contribution is 2.06. The second-order valence-corrected chi connectivity index (χ2v) is 3.86. The second-order valence-electron chi connectivity index (χ2n) is 3.45. The average molecular weight is 276 g/mol. The van der Waals surface area contributed by atoms with Crippen molar-refractivity contribution in [1.29, 1.82) is 0 Å². The van der Waals surface area contributed by atoms with Gasteiger partial charge in [0.15, 0.2) is 0 Å². The number of nitrogens with one attached hydrogen (secondary N) is 1. The molecule has 0 atom stereocenters. The topological polar surface area (TPSA) is 68.9 Å². The highest BCUT2D eigenvalue weighted by atomic mass is 35.5. The minimum Gasteiger partial charge on any atom is -0.414 e. The molecule has 0 heterocycles. The van der Waals surface area contributed by atoms with E-state index in [1.54, 1.807) is 26.3 Å². The molecule has 0 rings (SSSR count). The van der Waals surface area contributed by atoms with Crippen LogP contribution in [0.25, 0.3) is 0 Å². The molecule has 0 saturated carbocycles. The van der Waals surface area contributed by atoms with Crippen molar-refractivity contribution in [1.82, 2.24) is 5.48 Å². The quantitative estimate of drug-likeness (QED) is 0.222. The van der Waals surface area contributed by atoms with Crippen molar-refractivity contribution in [3.8, 4) is 0 Å². The van der Waals surface area contributed by atoms with Crippen LogP contribution in [0, 0.1) is 0 Å². The Bertz CT molecular complexity index is 314. The van der Waals surface area contributed by atoms with Crippen molar-refractivity contribution in [2.24, 2.45) is 10.7 Å². The van der Waals surface area contributed by atoms with Gasteiger partial charge < -0.3 is 15.3 Å². The molecule has 0 aliphatic carbocycles. The maximum Gasteiger partial charge on any atom is 0.123 e. The highest BCUT2D eigenvalue weighted by Gasteiger charge is 1.96. The number of hydrogen-bond donors (Lipinski definition) is 2. The first kappa shape index (κ1) is 17.0. The van der Waals surface area contributed by atoms with Gasteiger partial charge in [0, 0.05) is 39.1 Å². The van der Waals surface area contributed by atoms with Gasteiger partial charge in [-0.3, -0.25) is 4.99 Å². The van der Waals surface area contributed by atoms with Gasteiger partial charge in [-0.25, -0.2) is 0 Å². The molecule has 0 radical (unpaired) electrons. The number of nitrogens with two attached hydrogens (primary N) is 1. The normalized spacial score (nSPS) is 13.9. The van der Waals surface area contributed by atoms with E-state index in [0.29, 0.717) is 29.6 Å². The second kappa shape index (κ2) is 11.1. The molecule has 6 heteroatoms. The Morgan fingerprint density at radius 2 is 2.22 bits per heavy atom. The molecule has 3 N–H and O–H groups in total. The molecular formula is C12H22ClN3O2. The summed E-state index contributed by atoms with van der Waals surface area (Å²) in [5.74, 6) is 0.623. The lowest BCUT2D eigenvalue weighted by molar-refractivity contribution is 0.128. The predicted molar refractivity (Wildman–Crippen MR) is 75.4 cm³/mol. The van der Waals surface area contributed by atoms with Gasteiger partial charge in [-0.1, -0.05) is 11.6 Å². The van der Waals surface area contributed by atoms with E-state index in [-0.39, 0.29) is 0 Å². The summed E-state index contributed by atoms with van der Waals surface area (Å²) < 4.78 is 5.19. The zero-order chi connectivity index (χ0) is 13.8. The van der Waals surface area contributed by atoms with E-state index < -0.39 is 0 Å². The van der Waals surface area contributed by atoms with Gasteiger partial charge in [-0.2, -0.15) is 5.48 Å². The van der Waals surface area contributed by atoms with Crippen LogP contribution in [0.4, 0.5) is 0 Å². The molecule has 0 saturated heterocycles. The number of rotatable bonds is 9. The van der Waals surface area contributed by atoms with Crippen LogP contribution in [-0.2, 0) is 9.57 Å². The summed E-state index contributed by atoms with van der Waals surface area (Å²) in [6.07, 6.45) is 4.04. The van der Waals surface area contributed by atoms with Crippen LogP contribution in [0.2, 0.25) is 0 Å². The van der Waals surface area contributed by atoms with Crippen LogP contribution in [0.1, 0.15) is 20.3 Å². The Labute approximate surface area is 114 Å². The van der Waals surface area contributed by atoms with Crippen molar-refractivity contribution in [3.63, 3.8) is 0 Å². The first-order valence-electron chi connectivity index (χ1n) is 5.86. The number of halogens is 1. The zero-order valence-electron chi connectivity index (χ0n) is 11.2. The minimum atomic E-state index is 0.394. The first-order valence-corrected chi connectivity index (χ1v) is 6.24. The third-order valence-electron chi connectivity index (χ3n) is 1.88. The Balaban J connectivity index is 4.14. The van der Waals surface area contributed by atoms with Crippen LogP contribution in [0.15, 0.2) is 27.6 Å². The molecular weight excluding hydrogens is 254 g/mol. The summed E-state index contributed by atoms with van der Waals surface area (Å²) in [4.78, 5) is 9.17. The molecule has 0 fully saturated rings. The number of hydrogen-bond acceptors (Lipinski definition) is 5. The third kappa shape index (κ3) is 9.04. The summed E-state index contributed by atoms with van der Waals surface area (Å²) in [6, 6.07) is 0. The van der Waals surface area contributed by atoms with Gasteiger partial charge in [0.05, 0.1) is 10.7 Å². The van der Waals surface area contributed by atoms with Crippen molar-refractivity contribution < 1.29 is 9.57 Å². The summed E-state index contributed by atoms with van der Waals surface area (Å²) in [6.45, 7) is 5.84. The highest BCUT2D eigenvalue weighted by molar-refractivity contribution is 6.39. The lowest BCUT2D eigenvalue weighted by Gasteiger charge is -2.03. The van der Waals surface area contributed by atoms with Gasteiger partial charge in [0.25, 0.3) is 0 Å². The van der Waals surface area contributed by atoms with Crippen molar-refractivity contribution >= 4 is 17.8 Å². The molecule has 0 aliphatic rings. The summed E-state index contributed by atoms with van der Waals surface area (Å²) in [5.41, 5.74) is 8.72. The number of hydroxylamine groups is 1. The van der Waals surface area contributed by atoms with E-state index in [2.05, 4.69) is 10.5 Å². The predicted octanol–water partition coefficient (Wildman–Crippen LogP) is 1.95.